The van der Waals surface area contributed by atoms with E-state index < -0.39 is 0 Å². The summed E-state index contributed by atoms with van der Waals surface area (Å²) in [6.45, 7) is 1.87. The number of para-hydroxylation sites is 1. The van der Waals surface area contributed by atoms with Crippen LogP contribution in [-0.4, -0.2) is 23.1 Å². The van der Waals surface area contributed by atoms with Crippen LogP contribution in [0.5, 0.6) is 5.75 Å². The van der Waals surface area contributed by atoms with Gasteiger partial charge < -0.3 is 14.5 Å². The predicted octanol–water partition coefficient (Wildman–Crippen LogP) is 6.25. The highest BCUT2D eigenvalue weighted by Gasteiger charge is 2.16. The molecule has 0 aliphatic heterocycles. The van der Waals surface area contributed by atoms with Crippen molar-refractivity contribution in [1.82, 2.24) is 10.3 Å². The first-order valence-corrected chi connectivity index (χ1v) is 10.6. The number of benzene rings is 3. The molecule has 32 heavy (non-hydrogen) atoms. The topological polar surface area (TPSA) is 76.4 Å². The number of anilines is 1. The number of oxazole rings is 1. The summed E-state index contributed by atoms with van der Waals surface area (Å²) in [7, 11) is 1.52. The number of aryl methyl sites for hydroxylation is 1. The van der Waals surface area contributed by atoms with Gasteiger partial charge in [-0.1, -0.05) is 41.4 Å². The quantitative estimate of drug-likeness (QED) is 0.333. The van der Waals surface area contributed by atoms with Crippen LogP contribution in [0.25, 0.3) is 22.6 Å². The molecule has 1 heterocycles. The number of nitrogens with zero attached hydrogens (tertiary/aromatic N) is 1. The number of nitrogens with one attached hydrogen (secondary N) is 2. The van der Waals surface area contributed by atoms with E-state index in [1.54, 1.807) is 48.5 Å². The van der Waals surface area contributed by atoms with Crippen LogP contribution in [0.3, 0.4) is 0 Å². The Labute approximate surface area is 199 Å². The molecule has 6 nitrogen and oxygen atoms in total. The number of halogens is 2. The fourth-order valence-corrected chi connectivity index (χ4v) is 3.82. The molecule has 0 radical (unpaired) electrons. The van der Waals surface area contributed by atoms with Crippen LogP contribution in [0.15, 0.2) is 59.0 Å². The van der Waals surface area contributed by atoms with Gasteiger partial charge in [-0.25, -0.2) is 4.98 Å². The van der Waals surface area contributed by atoms with Gasteiger partial charge in [-0.3, -0.25) is 10.1 Å². The molecule has 2 N–H and O–H groups in total. The van der Waals surface area contributed by atoms with Gasteiger partial charge in [0.15, 0.2) is 10.7 Å². The SMILES string of the molecule is COc1c(C)cccc1C(=O)NC(=S)Nc1ccc2oc(-c3cccc(Cl)c3Cl)nc2c1. The number of aromatic nitrogens is 1. The van der Waals surface area contributed by atoms with Gasteiger partial charge in [0, 0.05) is 5.69 Å². The molecule has 0 fully saturated rings. The number of methoxy groups -OCH3 is 1. The van der Waals surface area contributed by atoms with Crippen molar-refractivity contribution in [3.63, 3.8) is 0 Å². The van der Waals surface area contributed by atoms with Gasteiger partial charge in [0.05, 0.1) is 28.3 Å². The minimum atomic E-state index is -0.372. The minimum Gasteiger partial charge on any atom is -0.496 e. The van der Waals surface area contributed by atoms with Crippen LogP contribution in [0.2, 0.25) is 10.0 Å². The van der Waals surface area contributed by atoms with Crippen LogP contribution in [0.1, 0.15) is 15.9 Å². The zero-order valence-corrected chi connectivity index (χ0v) is 19.4. The molecule has 0 saturated heterocycles. The zero-order chi connectivity index (χ0) is 22.8. The van der Waals surface area contributed by atoms with Gasteiger partial charge in [-0.15, -0.1) is 0 Å². The van der Waals surface area contributed by atoms with Gasteiger partial charge in [0.2, 0.25) is 5.89 Å². The highest BCUT2D eigenvalue weighted by molar-refractivity contribution is 7.80. The predicted molar refractivity (Wildman–Crippen MR) is 131 cm³/mol. The van der Waals surface area contributed by atoms with E-state index in [0.717, 1.165) is 5.56 Å². The number of thiocarbonyl (C=S) groups is 1. The van der Waals surface area contributed by atoms with Crippen molar-refractivity contribution >= 4 is 63.2 Å². The third-order valence-corrected chi connectivity index (χ3v) is 5.74. The van der Waals surface area contributed by atoms with Gasteiger partial charge in [0.25, 0.3) is 5.91 Å². The first-order chi connectivity index (χ1) is 15.4. The molecule has 1 amide bonds. The molecule has 0 saturated carbocycles. The average Bonchev–Trinajstić information content (AvgIpc) is 3.18. The van der Waals surface area contributed by atoms with Crippen molar-refractivity contribution in [1.29, 1.82) is 0 Å². The number of amides is 1. The maximum absolute atomic E-state index is 12.6. The lowest BCUT2D eigenvalue weighted by Gasteiger charge is -2.13. The summed E-state index contributed by atoms with van der Waals surface area (Å²) >= 11 is 17.7. The van der Waals surface area contributed by atoms with E-state index >= 15 is 0 Å². The zero-order valence-electron chi connectivity index (χ0n) is 17.0. The molecule has 0 bridgehead atoms. The Morgan fingerprint density at radius 3 is 2.69 bits per heavy atom. The number of hydrogen-bond acceptors (Lipinski definition) is 5. The summed E-state index contributed by atoms with van der Waals surface area (Å²) in [5, 5.41) is 6.58. The van der Waals surface area contributed by atoms with Crippen molar-refractivity contribution in [3.8, 4) is 17.2 Å². The molecular formula is C23H17Cl2N3O3S. The molecule has 3 aromatic carbocycles. The lowest BCUT2D eigenvalue weighted by atomic mass is 10.1. The summed E-state index contributed by atoms with van der Waals surface area (Å²) in [6.07, 6.45) is 0. The second kappa shape index (κ2) is 9.16. The second-order valence-corrected chi connectivity index (χ2v) is 8.06. The number of carbonyl (C=O) groups is 1. The molecule has 0 spiro atoms. The Balaban J connectivity index is 1.52. The molecule has 0 unspecified atom stereocenters. The fraction of sp³-hybridized carbons (Fsp3) is 0.0870. The molecule has 0 aliphatic carbocycles. The van der Waals surface area contributed by atoms with Crippen LogP contribution >= 0.6 is 35.4 Å². The fourth-order valence-electron chi connectivity index (χ4n) is 3.22. The third kappa shape index (κ3) is 4.41. The van der Waals surface area contributed by atoms with E-state index in [0.29, 0.717) is 49.6 Å². The van der Waals surface area contributed by atoms with E-state index in [1.807, 2.05) is 13.0 Å². The number of fused-ring (bicyclic) bond motifs is 1. The monoisotopic (exact) mass is 485 g/mol. The molecule has 9 heteroatoms. The van der Waals surface area contributed by atoms with Crippen molar-refractivity contribution in [2.75, 3.05) is 12.4 Å². The summed E-state index contributed by atoms with van der Waals surface area (Å²) in [5.41, 5.74) is 3.64. The highest BCUT2D eigenvalue weighted by Crippen LogP contribution is 2.35. The van der Waals surface area contributed by atoms with Crippen molar-refractivity contribution in [2.45, 2.75) is 6.92 Å². The standard InChI is InChI=1S/C23H17Cl2N3O3S/c1-12-5-3-7-15(20(12)30-2)21(29)28-23(32)26-13-9-10-18-17(11-13)27-22(31-18)14-6-4-8-16(24)19(14)25/h3-11H,1-2H3,(H2,26,28,29,32). The van der Waals surface area contributed by atoms with Crippen LogP contribution in [-0.2, 0) is 0 Å². The highest BCUT2D eigenvalue weighted by atomic mass is 35.5. The summed E-state index contributed by atoms with van der Waals surface area (Å²) in [6, 6.07) is 15.8. The van der Waals surface area contributed by atoms with Gasteiger partial charge >= 0.3 is 0 Å². The summed E-state index contributed by atoms with van der Waals surface area (Å²) in [4.78, 5) is 17.1. The molecule has 0 aliphatic rings. The Hall–Kier alpha value is -3.13. The summed E-state index contributed by atoms with van der Waals surface area (Å²) in [5.74, 6) is 0.486. The van der Waals surface area contributed by atoms with E-state index in [-0.39, 0.29) is 11.0 Å². The lowest BCUT2D eigenvalue weighted by molar-refractivity contribution is 0.0974. The maximum Gasteiger partial charge on any atom is 0.261 e. The molecule has 1 aromatic heterocycles. The number of carbonyl (C=O) groups excluding carboxylic acids is 1. The number of rotatable bonds is 4. The van der Waals surface area contributed by atoms with E-state index in [1.165, 1.54) is 7.11 Å². The Morgan fingerprint density at radius 2 is 1.91 bits per heavy atom. The lowest BCUT2D eigenvalue weighted by Crippen LogP contribution is -2.34. The van der Waals surface area contributed by atoms with Crippen molar-refractivity contribution in [3.05, 3.63) is 75.8 Å². The molecule has 162 valence electrons. The first kappa shape index (κ1) is 22.1. The normalized spacial score (nSPS) is 10.8. The van der Waals surface area contributed by atoms with Crippen molar-refractivity contribution < 1.29 is 13.9 Å². The van der Waals surface area contributed by atoms with Crippen LogP contribution < -0.4 is 15.4 Å². The smallest absolute Gasteiger partial charge is 0.261 e. The summed E-state index contributed by atoms with van der Waals surface area (Å²) < 4.78 is 11.1. The minimum absolute atomic E-state index is 0.138. The van der Waals surface area contributed by atoms with E-state index in [9.17, 15) is 4.79 Å². The average molecular weight is 486 g/mol. The van der Waals surface area contributed by atoms with Gasteiger partial charge in [0.1, 0.15) is 11.3 Å². The van der Waals surface area contributed by atoms with Gasteiger partial charge in [-0.2, -0.15) is 0 Å². The first-order valence-electron chi connectivity index (χ1n) is 9.48. The van der Waals surface area contributed by atoms with Gasteiger partial charge in [-0.05, 0) is 61.1 Å². The second-order valence-electron chi connectivity index (χ2n) is 6.87. The van der Waals surface area contributed by atoms with E-state index in [2.05, 4.69) is 15.6 Å². The largest absolute Gasteiger partial charge is 0.496 e. The maximum atomic E-state index is 12.6. The number of hydrogen-bond donors (Lipinski definition) is 2. The third-order valence-electron chi connectivity index (χ3n) is 4.72. The molecule has 4 aromatic rings. The van der Waals surface area contributed by atoms with Crippen LogP contribution in [0.4, 0.5) is 5.69 Å². The Kier molecular flexibility index (Phi) is 6.32. The number of ether oxygens (including phenoxy) is 1. The van der Waals surface area contributed by atoms with E-state index in [4.69, 9.17) is 44.6 Å². The van der Waals surface area contributed by atoms with Crippen molar-refractivity contribution in [2.24, 2.45) is 0 Å². The molecular weight excluding hydrogens is 469 g/mol. The molecule has 0 atom stereocenters. The Bertz CT molecular complexity index is 1350. The molecule has 4 rings (SSSR count). The Morgan fingerprint density at radius 1 is 1.12 bits per heavy atom. The van der Waals surface area contributed by atoms with Crippen LogP contribution in [0, 0.1) is 6.92 Å².